The van der Waals surface area contributed by atoms with Gasteiger partial charge in [0.1, 0.15) is 6.23 Å². The monoisotopic (exact) mass is 222 g/mol. The molecule has 0 aliphatic carbocycles. The maximum atomic E-state index is 11.8. The molecule has 0 bridgehead atoms. The van der Waals surface area contributed by atoms with Crippen LogP contribution in [-0.2, 0) is 9.53 Å². The Morgan fingerprint density at radius 1 is 1.62 bits per heavy atom. The second-order valence-corrected chi connectivity index (χ2v) is 3.48. The van der Waals surface area contributed by atoms with E-state index in [1.165, 1.54) is 0 Å². The molecule has 1 amide bonds. The van der Waals surface area contributed by atoms with E-state index < -0.39 is 0 Å². The average Bonchev–Trinajstić information content (AvgIpc) is 2.30. The lowest BCUT2D eigenvalue weighted by Crippen LogP contribution is -2.37. The van der Waals surface area contributed by atoms with Gasteiger partial charge in [-0.25, -0.2) is 0 Å². The fraction of sp³-hybridized carbons (Fsp3) is 0.500. The molecule has 16 heavy (non-hydrogen) atoms. The number of ether oxygens (including phenoxy) is 1. The van der Waals surface area contributed by atoms with Crippen LogP contribution in [0, 0.1) is 0 Å². The van der Waals surface area contributed by atoms with Gasteiger partial charge in [0.2, 0.25) is 5.91 Å². The third kappa shape index (κ3) is 3.62. The number of amides is 1. The van der Waals surface area contributed by atoms with E-state index >= 15 is 0 Å². The van der Waals surface area contributed by atoms with Gasteiger partial charge in [-0.1, -0.05) is 13.5 Å². The molecule has 1 aliphatic rings. The molecule has 1 heterocycles. The molecular formula is C12H18N2O2. The van der Waals surface area contributed by atoms with Crippen molar-refractivity contribution in [1.29, 1.82) is 0 Å². The highest BCUT2D eigenvalue weighted by Gasteiger charge is 2.15. The van der Waals surface area contributed by atoms with Crippen molar-refractivity contribution >= 4 is 12.1 Å². The highest BCUT2D eigenvalue weighted by Crippen LogP contribution is 2.09. The number of nitrogens with one attached hydrogen (secondary N) is 1. The van der Waals surface area contributed by atoms with E-state index in [4.69, 9.17) is 4.74 Å². The molecule has 1 rings (SSSR count). The summed E-state index contributed by atoms with van der Waals surface area (Å²) in [5.41, 5.74) is 1.28. The maximum Gasteiger partial charge on any atom is 0.249 e. The van der Waals surface area contributed by atoms with E-state index in [9.17, 15) is 4.79 Å². The highest BCUT2D eigenvalue weighted by atomic mass is 16.5. The summed E-state index contributed by atoms with van der Waals surface area (Å²) in [6.45, 7) is 8.15. The van der Waals surface area contributed by atoms with E-state index in [-0.39, 0.29) is 12.1 Å². The van der Waals surface area contributed by atoms with Crippen LogP contribution >= 0.6 is 0 Å². The molecule has 0 saturated carbocycles. The van der Waals surface area contributed by atoms with Crippen LogP contribution in [0.15, 0.2) is 28.9 Å². The second kappa shape index (κ2) is 6.23. The molecule has 1 unspecified atom stereocenters. The molecule has 4 nitrogen and oxygen atoms in total. The van der Waals surface area contributed by atoms with Gasteiger partial charge < -0.3 is 10.1 Å². The van der Waals surface area contributed by atoms with Crippen LogP contribution < -0.4 is 5.32 Å². The summed E-state index contributed by atoms with van der Waals surface area (Å²) in [6.07, 6.45) is 4.34. The third-order valence-corrected chi connectivity index (χ3v) is 2.25. The van der Waals surface area contributed by atoms with Crippen molar-refractivity contribution in [1.82, 2.24) is 5.32 Å². The van der Waals surface area contributed by atoms with E-state index in [0.29, 0.717) is 30.7 Å². The van der Waals surface area contributed by atoms with Crippen LogP contribution in [-0.4, -0.2) is 25.0 Å². The largest absolute Gasteiger partial charge is 0.358 e. The SMILES string of the molecule is C=C1/C=C(/CC)C(=O)NC(OCC)CC=N1. The van der Waals surface area contributed by atoms with Crippen LogP contribution in [0.1, 0.15) is 26.7 Å². The molecule has 88 valence electrons. The predicted molar refractivity (Wildman–Crippen MR) is 64.2 cm³/mol. The van der Waals surface area contributed by atoms with Gasteiger partial charge in [0.05, 0.1) is 5.70 Å². The number of aliphatic imine (C=N–C) groups is 1. The number of carbonyl (C=O) groups excluding carboxylic acids is 1. The summed E-state index contributed by atoms with van der Waals surface area (Å²) < 4.78 is 5.39. The molecule has 0 aromatic carbocycles. The van der Waals surface area contributed by atoms with Crippen molar-refractivity contribution in [3.05, 3.63) is 23.9 Å². The molecule has 1 N–H and O–H groups in total. The van der Waals surface area contributed by atoms with Gasteiger partial charge in [0.15, 0.2) is 0 Å². The number of rotatable bonds is 3. The predicted octanol–water partition coefficient (Wildman–Crippen LogP) is 1.79. The lowest BCUT2D eigenvalue weighted by atomic mass is 10.1. The van der Waals surface area contributed by atoms with Gasteiger partial charge in [0.25, 0.3) is 0 Å². The standard InChI is InChI=1S/C12H18N2O2/c1-4-10-8-9(3)13-7-6-11(16-5-2)14-12(10)15/h7-8,11H,3-6H2,1-2H3,(H,14,15)/b10-8-,13-7?. The van der Waals surface area contributed by atoms with Crippen molar-refractivity contribution in [2.45, 2.75) is 32.9 Å². The summed E-state index contributed by atoms with van der Waals surface area (Å²) in [5.74, 6) is -0.104. The summed E-state index contributed by atoms with van der Waals surface area (Å²) in [7, 11) is 0. The summed E-state index contributed by atoms with van der Waals surface area (Å²) in [6, 6.07) is 0. The summed E-state index contributed by atoms with van der Waals surface area (Å²) >= 11 is 0. The van der Waals surface area contributed by atoms with Crippen LogP contribution in [0.2, 0.25) is 0 Å². The molecular weight excluding hydrogens is 204 g/mol. The minimum absolute atomic E-state index is 0.104. The van der Waals surface area contributed by atoms with Gasteiger partial charge in [-0.2, -0.15) is 0 Å². The number of nitrogens with zero attached hydrogens (tertiary/aromatic N) is 1. The third-order valence-electron chi connectivity index (χ3n) is 2.25. The number of hydrogen-bond acceptors (Lipinski definition) is 3. The Bertz CT molecular complexity index is 332. The van der Waals surface area contributed by atoms with Crippen molar-refractivity contribution in [2.75, 3.05) is 6.61 Å². The second-order valence-electron chi connectivity index (χ2n) is 3.48. The Balaban J connectivity index is 2.85. The molecule has 1 aliphatic heterocycles. The first-order chi connectivity index (χ1) is 7.67. The first-order valence-corrected chi connectivity index (χ1v) is 5.51. The molecule has 0 saturated heterocycles. The van der Waals surface area contributed by atoms with E-state index in [2.05, 4.69) is 16.9 Å². The first kappa shape index (κ1) is 12.6. The van der Waals surface area contributed by atoms with Gasteiger partial charge in [-0.3, -0.25) is 9.79 Å². The van der Waals surface area contributed by atoms with Crippen LogP contribution in [0.4, 0.5) is 0 Å². The molecule has 4 heteroatoms. The van der Waals surface area contributed by atoms with Crippen molar-refractivity contribution < 1.29 is 9.53 Å². The normalized spacial score (nSPS) is 25.1. The van der Waals surface area contributed by atoms with Gasteiger partial charge in [-0.05, 0) is 19.4 Å². The lowest BCUT2D eigenvalue weighted by Gasteiger charge is -2.16. The first-order valence-electron chi connectivity index (χ1n) is 5.51. The summed E-state index contributed by atoms with van der Waals surface area (Å²) in [5, 5.41) is 2.82. The molecule has 0 radical (unpaired) electrons. The van der Waals surface area contributed by atoms with Crippen molar-refractivity contribution in [3.8, 4) is 0 Å². The van der Waals surface area contributed by atoms with E-state index in [1.807, 2.05) is 13.8 Å². The van der Waals surface area contributed by atoms with Gasteiger partial charge >= 0.3 is 0 Å². The Morgan fingerprint density at radius 2 is 2.38 bits per heavy atom. The zero-order chi connectivity index (χ0) is 12.0. The van der Waals surface area contributed by atoms with E-state index in [1.54, 1.807) is 12.3 Å². The number of hydrogen-bond donors (Lipinski definition) is 1. The average molecular weight is 222 g/mol. The smallest absolute Gasteiger partial charge is 0.249 e. The Labute approximate surface area is 96.1 Å². The summed E-state index contributed by atoms with van der Waals surface area (Å²) in [4.78, 5) is 16.0. The number of allylic oxidation sites excluding steroid dienone is 1. The Kier molecular flexibility index (Phi) is 4.92. The molecule has 0 aromatic heterocycles. The highest BCUT2D eigenvalue weighted by molar-refractivity contribution is 5.94. The van der Waals surface area contributed by atoms with Crippen molar-refractivity contribution in [3.63, 3.8) is 0 Å². The minimum Gasteiger partial charge on any atom is -0.358 e. The lowest BCUT2D eigenvalue weighted by molar-refractivity contribution is -0.121. The Morgan fingerprint density at radius 3 is 3.00 bits per heavy atom. The zero-order valence-electron chi connectivity index (χ0n) is 9.82. The fourth-order valence-electron chi connectivity index (χ4n) is 1.44. The fourth-order valence-corrected chi connectivity index (χ4v) is 1.44. The van der Waals surface area contributed by atoms with Crippen molar-refractivity contribution in [2.24, 2.45) is 4.99 Å². The number of carbonyl (C=O) groups is 1. The Hall–Kier alpha value is -1.42. The van der Waals surface area contributed by atoms with Crippen LogP contribution in [0.5, 0.6) is 0 Å². The quantitative estimate of drug-likeness (QED) is 0.791. The topological polar surface area (TPSA) is 50.7 Å². The molecule has 0 fully saturated rings. The van der Waals surface area contributed by atoms with E-state index in [0.717, 1.165) is 0 Å². The van der Waals surface area contributed by atoms with Gasteiger partial charge in [0, 0.05) is 24.8 Å². The minimum atomic E-state index is -0.304. The maximum absolute atomic E-state index is 11.8. The molecule has 1 atom stereocenters. The van der Waals surface area contributed by atoms with Gasteiger partial charge in [-0.15, -0.1) is 0 Å². The molecule has 0 spiro atoms. The van der Waals surface area contributed by atoms with Crippen LogP contribution in [0.25, 0.3) is 0 Å². The zero-order valence-corrected chi connectivity index (χ0v) is 9.82. The molecule has 0 aromatic rings. The van der Waals surface area contributed by atoms with Crippen LogP contribution in [0.3, 0.4) is 0 Å².